The van der Waals surface area contributed by atoms with Crippen LogP contribution in [0.1, 0.15) is 36.3 Å². The zero-order chi connectivity index (χ0) is 17.4. The second-order valence-electron chi connectivity index (χ2n) is 6.85. The normalized spacial score (nSPS) is 21.4. The summed E-state index contributed by atoms with van der Waals surface area (Å²) in [4.78, 5) is 13.8. The van der Waals surface area contributed by atoms with Crippen LogP contribution >= 0.6 is 0 Å². The molecule has 2 unspecified atom stereocenters. The van der Waals surface area contributed by atoms with Crippen LogP contribution in [0.4, 0.5) is 13.6 Å². The Morgan fingerprint density at radius 1 is 1.00 bits per heavy atom. The van der Waals surface area contributed by atoms with E-state index in [2.05, 4.69) is 5.32 Å². The number of benzene rings is 2. The van der Waals surface area contributed by atoms with Gasteiger partial charge >= 0.3 is 6.03 Å². The van der Waals surface area contributed by atoms with Crippen molar-refractivity contribution in [3.05, 3.63) is 71.3 Å². The zero-order valence-electron chi connectivity index (χ0n) is 13.8. The SMILES string of the molecule is O=C1NC2CC2N1CCCC(c1ccc(F)cc1)c1ccc(F)cc1. The fourth-order valence-corrected chi connectivity index (χ4v) is 3.72. The van der Waals surface area contributed by atoms with Crippen molar-refractivity contribution in [2.45, 2.75) is 37.3 Å². The Kier molecular flexibility index (Phi) is 4.15. The first-order chi connectivity index (χ1) is 12.1. The van der Waals surface area contributed by atoms with E-state index in [-0.39, 0.29) is 23.6 Å². The molecule has 1 heterocycles. The average Bonchev–Trinajstić information content (AvgIpc) is 3.29. The van der Waals surface area contributed by atoms with Gasteiger partial charge in [0, 0.05) is 12.5 Å². The van der Waals surface area contributed by atoms with Gasteiger partial charge in [-0.15, -0.1) is 0 Å². The Bertz CT molecular complexity index is 715. The van der Waals surface area contributed by atoms with E-state index in [1.165, 1.54) is 24.3 Å². The molecule has 1 N–H and O–H groups in total. The molecule has 5 heteroatoms. The van der Waals surface area contributed by atoms with Crippen LogP contribution in [-0.2, 0) is 0 Å². The number of halogens is 2. The molecule has 130 valence electrons. The van der Waals surface area contributed by atoms with Crippen molar-refractivity contribution in [1.82, 2.24) is 10.2 Å². The van der Waals surface area contributed by atoms with Gasteiger partial charge < -0.3 is 10.2 Å². The standard InChI is InChI=1S/C20H20F2N2O/c21-15-7-3-13(4-8-15)17(14-5-9-16(22)10-6-14)2-1-11-24-19-12-18(19)23-20(24)25/h3-10,17-19H,1-2,11-12H2,(H,23,25). The van der Waals surface area contributed by atoms with Crippen molar-refractivity contribution >= 4 is 6.03 Å². The maximum Gasteiger partial charge on any atom is 0.318 e. The largest absolute Gasteiger partial charge is 0.333 e. The predicted molar refractivity (Wildman–Crippen MR) is 91.3 cm³/mol. The van der Waals surface area contributed by atoms with Crippen LogP contribution in [-0.4, -0.2) is 29.6 Å². The summed E-state index contributed by atoms with van der Waals surface area (Å²) in [5, 5.41) is 2.96. The van der Waals surface area contributed by atoms with Crippen LogP contribution in [0.15, 0.2) is 48.5 Å². The van der Waals surface area contributed by atoms with E-state index in [4.69, 9.17) is 0 Å². The lowest BCUT2D eigenvalue weighted by molar-refractivity contribution is 0.207. The molecular formula is C20H20F2N2O. The fourth-order valence-electron chi connectivity index (χ4n) is 3.72. The van der Waals surface area contributed by atoms with Gasteiger partial charge in [0.15, 0.2) is 0 Å². The smallest absolute Gasteiger partial charge is 0.318 e. The summed E-state index contributed by atoms with van der Waals surface area (Å²) in [7, 11) is 0. The van der Waals surface area contributed by atoms with Crippen molar-refractivity contribution in [3.8, 4) is 0 Å². The lowest BCUT2D eigenvalue weighted by Crippen LogP contribution is -2.34. The van der Waals surface area contributed by atoms with Crippen molar-refractivity contribution < 1.29 is 13.6 Å². The van der Waals surface area contributed by atoms with Gasteiger partial charge in [-0.3, -0.25) is 0 Å². The summed E-state index contributed by atoms with van der Waals surface area (Å²) in [6.07, 6.45) is 2.71. The molecule has 0 bridgehead atoms. The fraction of sp³-hybridized carbons (Fsp3) is 0.350. The maximum atomic E-state index is 13.3. The van der Waals surface area contributed by atoms with Gasteiger partial charge in [-0.1, -0.05) is 24.3 Å². The van der Waals surface area contributed by atoms with Gasteiger partial charge in [-0.05, 0) is 54.7 Å². The Morgan fingerprint density at radius 3 is 2.04 bits per heavy atom. The number of nitrogens with one attached hydrogen (secondary N) is 1. The molecule has 1 saturated carbocycles. The second-order valence-corrected chi connectivity index (χ2v) is 6.85. The molecule has 2 aromatic rings. The molecule has 25 heavy (non-hydrogen) atoms. The zero-order valence-corrected chi connectivity index (χ0v) is 13.8. The average molecular weight is 342 g/mol. The molecule has 4 rings (SSSR count). The number of carbonyl (C=O) groups excluding carboxylic acids is 1. The minimum Gasteiger partial charge on any atom is -0.333 e. The molecule has 1 aliphatic carbocycles. The summed E-state index contributed by atoms with van der Waals surface area (Å²) in [5.74, 6) is -0.480. The van der Waals surface area contributed by atoms with Gasteiger partial charge in [0.1, 0.15) is 11.6 Å². The van der Waals surface area contributed by atoms with Gasteiger partial charge in [-0.2, -0.15) is 0 Å². The molecule has 2 aliphatic rings. The number of hydrogen-bond acceptors (Lipinski definition) is 1. The Labute approximate surface area is 145 Å². The summed E-state index contributed by atoms with van der Waals surface area (Å²) in [5.41, 5.74) is 2.01. The van der Waals surface area contributed by atoms with Crippen LogP contribution in [0.2, 0.25) is 0 Å². The summed E-state index contributed by atoms with van der Waals surface area (Å²) >= 11 is 0. The first-order valence-corrected chi connectivity index (χ1v) is 8.70. The maximum absolute atomic E-state index is 13.3. The van der Waals surface area contributed by atoms with Crippen molar-refractivity contribution in [1.29, 1.82) is 0 Å². The molecule has 1 saturated heterocycles. The molecule has 2 amide bonds. The minimum atomic E-state index is -0.268. The molecular weight excluding hydrogens is 322 g/mol. The van der Waals surface area contributed by atoms with Crippen molar-refractivity contribution in [2.24, 2.45) is 0 Å². The second kappa shape index (κ2) is 6.47. The number of rotatable bonds is 6. The number of urea groups is 1. The van der Waals surface area contributed by atoms with Gasteiger partial charge in [0.2, 0.25) is 0 Å². The van der Waals surface area contributed by atoms with E-state index in [9.17, 15) is 13.6 Å². The van der Waals surface area contributed by atoms with Crippen LogP contribution in [0.5, 0.6) is 0 Å². The number of fused-ring (bicyclic) bond motifs is 1. The van der Waals surface area contributed by atoms with Gasteiger partial charge in [-0.25, -0.2) is 13.6 Å². The topological polar surface area (TPSA) is 32.3 Å². The first kappa shape index (κ1) is 16.1. The predicted octanol–water partition coefficient (Wildman–Crippen LogP) is 4.04. The van der Waals surface area contributed by atoms with Crippen molar-refractivity contribution in [2.75, 3.05) is 6.54 Å². The van der Waals surface area contributed by atoms with Gasteiger partial charge in [0.25, 0.3) is 0 Å². The van der Waals surface area contributed by atoms with Crippen LogP contribution in [0, 0.1) is 11.6 Å². The number of hydrogen-bond donors (Lipinski definition) is 1. The summed E-state index contributed by atoms with van der Waals surface area (Å²) in [6.45, 7) is 0.714. The molecule has 2 fully saturated rings. The highest BCUT2D eigenvalue weighted by Crippen LogP contribution is 2.35. The third-order valence-electron chi connectivity index (χ3n) is 5.16. The molecule has 2 atom stereocenters. The Morgan fingerprint density at radius 2 is 1.56 bits per heavy atom. The lowest BCUT2D eigenvalue weighted by atomic mass is 9.87. The molecule has 1 aliphatic heterocycles. The Balaban J connectivity index is 1.48. The van der Waals surface area contributed by atoms with Crippen LogP contribution < -0.4 is 5.32 Å². The molecule has 0 radical (unpaired) electrons. The third kappa shape index (κ3) is 3.36. The number of nitrogens with zero attached hydrogens (tertiary/aromatic N) is 1. The Hall–Kier alpha value is -2.43. The highest BCUT2D eigenvalue weighted by atomic mass is 19.1. The van der Waals surface area contributed by atoms with E-state index < -0.39 is 0 Å². The highest BCUT2D eigenvalue weighted by molar-refractivity contribution is 5.79. The first-order valence-electron chi connectivity index (χ1n) is 8.70. The lowest BCUT2D eigenvalue weighted by Gasteiger charge is -2.21. The molecule has 0 spiro atoms. The van der Waals surface area contributed by atoms with E-state index in [1.54, 1.807) is 24.3 Å². The number of amides is 2. The quantitative estimate of drug-likeness (QED) is 0.844. The minimum absolute atomic E-state index is 0.0290. The molecule has 3 nitrogen and oxygen atoms in total. The van der Waals surface area contributed by atoms with Crippen LogP contribution in [0.25, 0.3) is 0 Å². The summed E-state index contributed by atoms with van der Waals surface area (Å²) in [6, 6.07) is 13.7. The van der Waals surface area contributed by atoms with Gasteiger partial charge in [0.05, 0.1) is 12.1 Å². The van der Waals surface area contributed by atoms with E-state index in [0.29, 0.717) is 18.6 Å². The highest BCUT2D eigenvalue weighted by Gasteiger charge is 2.50. The summed E-state index contributed by atoms with van der Waals surface area (Å²) < 4.78 is 26.5. The van der Waals surface area contributed by atoms with E-state index in [0.717, 1.165) is 30.4 Å². The monoisotopic (exact) mass is 342 g/mol. The molecule has 0 aromatic heterocycles. The van der Waals surface area contributed by atoms with Crippen LogP contribution in [0.3, 0.4) is 0 Å². The van der Waals surface area contributed by atoms with Crippen molar-refractivity contribution in [3.63, 3.8) is 0 Å². The molecule has 2 aromatic carbocycles. The number of carbonyl (C=O) groups is 1. The van der Waals surface area contributed by atoms with E-state index in [1.807, 2.05) is 4.90 Å². The van der Waals surface area contributed by atoms with E-state index >= 15 is 0 Å². The third-order valence-corrected chi connectivity index (χ3v) is 5.16.